The van der Waals surface area contributed by atoms with Gasteiger partial charge in [0.05, 0.1) is 0 Å². The molecule has 3 unspecified atom stereocenters. The van der Waals surface area contributed by atoms with Gasteiger partial charge in [0.15, 0.2) is 0 Å². The van der Waals surface area contributed by atoms with Crippen molar-refractivity contribution in [3.8, 4) is 0 Å². The molecule has 3 atom stereocenters. The molecule has 0 saturated carbocycles. The molecule has 0 spiro atoms. The highest BCUT2D eigenvalue weighted by Gasteiger charge is 2.40. The lowest BCUT2D eigenvalue weighted by Crippen LogP contribution is -2.49. The Hall–Kier alpha value is -0.680. The van der Waals surface area contributed by atoms with E-state index in [0.29, 0.717) is 29.4 Å². The number of rotatable bonds is 4. The molecule has 3 N–H and O–H groups in total. The van der Waals surface area contributed by atoms with Gasteiger partial charge in [0.2, 0.25) is 0 Å². The SMILES string of the molecule is CN1C2CCC1CC(C(Cc1cc(F)ccc1Cl)NN)C2. The normalized spacial score (nSPS) is 30.6. The molecule has 2 aliphatic rings. The van der Waals surface area contributed by atoms with Crippen molar-refractivity contribution in [2.75, 3.05) is 7.05 Å². The fraction of sp³-hybridized carbons (Fsp3) is 0.625. The molecule has 0 aromatic heterocycles. The number of hydrazine groups is 1. The zero-order valence-corrected chi connectivity index (χ0v) is 13.1. The molecule has 0 radical (unpaired) electrons. The lowest BCUT2D eigenvalue weighted by Gasteiger charge is -2.39. The lowest BCUT2D eigenvalue weighted by molar-refractivity contribution is 0.112. The van der Waals surface area contributed by atoms with Crippen LogP contribution >= 0.6 is 11.6 Å². The predicted octanol–water partition coefficient (Wildman–Crippen LogP) is 2.73. The zero-order valence-electron chi connectivity index (χ0n) is 12.4. The Kier molecular flexibility index (Phi) is 4.50. The maximum absolute atomic E-state index is 13.4. The minimum absolute atomic E-state index is 0.154. The van der Waals surface area contributed by atoms with Gasteiger partial charge in [0, 0.05) is 23.1 Å². The van der Waals surface area contributed by atoms with Gasteiger partial charge in [-0.3, -0.25) is 11.3 Å². The first kappa shape index (κ1) is 15.2. The third-order valence-corrected chi connectivity index (χ3v) is 5.73. The van der Waals surface area contributed by atoms with Crippen LogP contribution in [0.3, 0.4) is 0 Å². The Morgan fingerprint density at radius 1 is 1.38 bits per heavy atom. The van der Waals surface area contributed by atoms with Crippen LogP contribution in [0.15, 0.2) is 18.2 Å². The molecule has 3 rings (SSSR count). The van der Waals surface area contributed by atoms with Crippen molar-refractivity contribution < 1.29 is 4.39 Å². The van der Waals surface area contributed by atoms with E-state index in [1.54, 1.807) is 6.07 Å². The molecule has 0 aliphatic carbocycles. The standard InChI is InChI=1S/C16H23ClFN3/c1-21-13-3-4-14(21)8-11(7-13)16(20-19)9-10-6-12(18)2-5-15(10)17/h2,5-6,11,13-14,16,20H,3-4,7-9,19H2,1H3. The van der Waals surface area contributed by atoms with Gasteiger partial charge in [-0.25, -0.2) is 4.39 Å². The van der Waals surface area contributed by atoms with E-state index in [-0.39, 0.29) is 11.9 Å². The van der Waals surface area contributed by atoms with Gasteiger partial charge in [-0.15, -0.1) is 0 Å². The summed E-state index contributed by atoms with van der Waals surface area (Å²) in [4.78, 5) is 2.51. The van der Waals surface area contributed by atoms with Crippen LogP contribution in [0.2, 0.25) is 5.02 Å². The second-order valence-corrected chi connectivity index (χ2v) is 6.90. The number of halogens is 2. The molecule has 2 aliphatic heterocycles. The summed E-state index contributed by atoms with van der Waals surface area (Å²) in [6, 6.07) is 6.04. The lowest BCUT2D eigenvalue weighted by atomic mass is 9.83. The number of fused-ring (bicyclic) bond motifs is 2. The fourth-order valence-electron chi connectivity index (χ4n) is 4.08. The van der Waals surface area contributed by atoms with Crippen LogP contribution in [0.25, 0.3) is 0 Å². The Bertz CT molecular complexity index is 496. The summed E-state index contributed by atoms with van der Waals surface area (Å²) in [6.45, 7) is 0. The molecule has 116 valence electrons. The molecule has 2 bridgehead atoms. The van der Waals surface area contributed by atoms with E-state index in [1.807, 2.05) is 0 Å². The fourth-order valence-corrected chi connectivity index (χ4v) is 4.28. The molecule has 21 heavy (non-hydrogen) atoms. The van der Waals surface area contributed by atoms with Crippen LogP contribution < -0.4 is 11.3 Å². The Morgan fingerprint density at radius 2 is 2.05 bits per heavy atom. The van der Waals surface area contributed by atoms with E-state index in [0.717, 1.165) is 18.4 Å². The van der Waals surface area contributed by atoms with Gasteiger partial charge < -0.3 is 4.90 Å². The minimum atomic E-state index is -0.242. The molecule has 0 amide bonds. The van der Waals surface area contributed by atoms with E-state index < -0.39 is 0 Å². The number of hydrogen-bond acceptors (Lipinski definition) is 3. The molecule has 2 fully saturated rings. The molecule has 1 aromatic carbocycles. The van der Waals surface area contributed by atoms with Crippen molar-refractivity contribution in [1.82, 2.24) is 10.3 Å². The van der Waals surface area contributed by atoms with Gasteiger partial charge in [-0.05, 0) is 68.8 Å². The van der Waals surface area contributed by atoms with Crippen LogP contribution in [-0.2, 0) is 6.42 Å². The van der Waals surface area contributed by atoms with Gasteiger partial charge in [0.1, 0.15) is 5.82 Å². The van der Waals surface area contributed by atoms with Crippen molar-refractivity contribution in [3.63, 3.8) is 0 Å². The second-order valence-electron chi connectivity index (χ2n) is 6.49. The highest BCUT2D eigenvalue weighted by atomic mass is 35.5. The van der Waals surface area contributed by atoms with E-state index in [9.17, 15) is 4.39 Å². The van der Waals surface area contributed by atoms with Crippen molar-refractivity contribution in [2.24, 2.45) is 11.8 Å². The molecule has 2 heterocycles. The second kappa shape index (κ2) is 6.21. The Balaban J connectivity index is 1.72. The van der Waals surface area contributed by atoms with Crippen LogP contribution in [0.5, 0.6) is 0 Å². The number of nitrogens with zero attached hydrogens (tertiary/aromatic N) is 1. The van der Waals surface area contributed by atoms with E-state index in [1.165, 1.54) is 25.0 Å². The third-order valence-electron chi connectivity index (χ3n) is 5.37. The third kappa shape index (κ3) is 3.09. The predicted molar refractivity (Wildman–Crippen MR) is 83.5 cm³/mol. The number of nitrogens with one attached hydrogen (secondary N) is 1. The average Bonchev–Trinajstić information content (AvgIpc) is 2.69. The number of piperidine rings is 1. The molecular weight excluding hydrogens is 289 g/mol. The van der Waals surface area contributed by atoms with Crippen molar-refractivity contribution >= 4 is 11.6 Å². The largest absolute Gasteiger partial charge is 0.300 e. The van der Waals surface area contributed by atoms with E-state index in [4.69, 9.17) is 17.4 Å². The molecule has 3 nitrogen and oxygen atoms in total. The van der Waals surface area contributed by atoms with Crippen LogP contribution in [0.1, 0.15) is 31.2 Å². The summed E-state index contributed by atoms with van der Waals surface area (Å²) < 4.78 is 13.4. The number of nitrogens with two attached hydrogens (primary N) is 1. The maximum Gasteiger partial charge on any atom is 0.123 e. The first-order chi connectivity index (χ1) is 10.1. The zero-order chi connectivity index (χ0) is 15.0. The van der Waals surface area contributed by atoms with Gasteiger partial charge >= 0.3 is 0 Å². The topological polar surface area (TPSA) is 41.3 Å². The number of benzene rings is 1. The van der Waals surface area contributed by atoms with Crippen molar-refractivity contribution in [3.05, 3.63) is 34.6 Å². The Labute approximate surface area is 130 Å². The summed E-state index contributed by atoms with van der Waals surface area (Å²) in [5, 5.41) is 0.618. The summed E-state index contributed by atoms with van der Waals surface area (Å²) in [5.74, 6) is 6.07. The maximum atomic E-state index is 13.4. The highest BCUT2D eigenvalue weighted by molar-refractivity contribution is 6.31. The quantitative estimate of drug-likeness (QED) is 0.663. The highest BCUT2D eigenvalue weighted by Crippen LogP contribution is 2.39. The first-order valence-electron chi connectivity index (χ1n) is 7.70. The van der Waals surface area contributed by atoms with Crippen molar-refractivity contribution in [2.45, 2.75) is 50.2 Å². The molecule has 1 aromatic rings. The monoisotopic (exact) mass is 311 g/mol. The Morgan fingerprint density at radius 3 is 2.67 bits per heavy atom. The average molecular weight is 312 g/mol. The molecule has 5 heteroatoms. The smallest absolute Gasteiger partial charge is 0.123 e. The van der Waals surface area contributed by atoms with Gasteiger partial charge in [-0.2, -0.15) is 0 Å². The van der Waals surface area contributed by atoms with Crippen LogP contribution in [0, 0.1) is 11.7 Å². The number of hydrogen-bond donors (Lipinski definition) is 2. The summed E-state index contributed by atoms with van der Waals surface area (Å²) >= 11 is 6.19. The van der Waals surface area contributed by atoms with E-state index >= 15 is 0 Å². The molecule has 2 saturated heterocycles. The van der Waals surface area contributed by atoms with Crippen LogP contribution in [-0.4, -0.2) is 30.1 Å². The van der Waals surface area contributed by atoms with Crippen LogP contribution in [0.4, 0.5) is 4.39 Å². The van der Waals surface area contributed by atoms with Gasteiger partial charge in [-0.1, -0.05) is 11.6 Å². The first-order valence-corrected chi connectivity index (χ1v) is 8.08. The summed E-state index contributed by atoms with van der Waals surface area (Å²) in [5.41, 5.74) is 3.79. The van der Waals surface area contributed by atoms with Crippen molar-refractivity contribution in [1.29, 1.82) is 0 Å². The summed E-state index contributed by atoms with van der Waals surface area (Å²) in [7, 11) is 2.23. The van der Waals surface area contributed by atoms with E-state index in [2.05, 4.69) is 17.4 Å². The molecular formula is C16H23ClFN3. The minimum Gasteiger partial charge on any atom is -0.300 e. The summed E-state index contributed by atoms with van der Waals surface area (Å²) in [6.07, 6.45) is 5.58. The van der Waals surface area contributed by atoms with Gasteiger partial charge in [0.25, 0.3) is 0 Å².